The number of nitrogens with zero attached hydrogens (tertiary/aromatic N) is 1. The van der Waals surface area contributed by atoms with Gasteiger partial charge < -0.3 is 9.47 Å². The Morgan fingerprint density at radius 1 is 1.67 bits per heavy atom. The van der Waals surface area contributed by atoms with E-state index in [0.29, 0.717) is 5.75 Å². The molecule has 0 amide bonds. The fourth-order valence-corrected chi connectivity index (χ4v) is 0.713. The molecule has 1 heterocycles. The van der Waals surface area contributed by atoms with Crippen LogP contribution in [0.3, 0.4) is 0 Å². The zero-order chi connectivity index (χ0) is 8.97. The number of aromatic nitrogens is 1. The van der Waals surface area contributed by atoms with Crippen LogP contribution in [0.4, 0.5) is 4.39 Å². The average Bonchev–Trinajstić information content (AvgIpc) is 2.07. The summed E-state index contributed by atoms with van der Waals surface area (Å²) in [4.78, 5) is 3.54. The van der Waals surface area contributed by atoms with E-state index in [0.717, 1.165) is 6.07 Å². The van der Waals surface area contributed by atoms with Crippen LogP contribution in [-0.4, -0.2) is 18.9 Å². The second kappa shape index (κ2) is 4.23. The first kappa shape index (κ1) is 9.22. The van der Waals surface area contributed by atoms with Crippen molar-refractivity contribution in [2.75, 3.05) is 13.9 Å². The fourth-order valence-electron chi connectivity index (χ4n) is 0.610. The summed E-state index contributed by atoms with van der Waals surface area (Å²) < 4.78 is 22.2. The van der Waals surface area contributed by atoms with Crippen LogP contribution in [0, 0.1) is 5.82 Å². The monoisotopic (exact) mass is 191 g/mol. The molecule has 0 aliphatic rings. The van der Waals surface area contributed by atoms with Crippen molar-refractivity contribution < 1.29 is 13.9 Å². The first-order valence-electron chi connectivity index (χ1n) is 3.17. The van der Waals surface area contributed by atoms with Gasteiger partial charge in [-0.2, -0.15) is 0 Å². The van der Waals surface area contributed by atoms with E-state index < -0.39 is 5.82 Å². The third-order valence-electron chi connectivity index (χ3n) is 1.11. The number of ether oxygens (including phenoxy) is 2. The van der Waals surface area contributed by atoms with Crippen LogP contribution >= 0.6 is 11.6 Å². The van der Waals surface area contributed by atoms with Gasteiger partial charge in [0.15, 0.2) is 17.8 Å². The van der Waals surface area contributed by atoms with Crippen molar-refractivity contribution in [3.05, 3.63) is 23.2 Å². The third-order valence-corrected chi connectivity index (χ3v) is 1.39. The summed E-state index contributed by atoms with van der Waals surface area (Å²) in [6, 6.07) is 1.15. The van der Waals surface area contributed by atoms with Crippen LogP contribution in [0.1, 0.15) is 0 Å². The topological polar surface area (TPSA) is 31.4 Å². The lowest BCUT2D eigenvalue weighted by molar-refractivity contribution is 0.0506. The van der Waals surface area contributed by atoms with Crippen molar-refractivity contribution in [1.29, 1.82) is 0 Å². The molecule has 1 aromatic rings. The Morgan fingerprint density at radius 3 is 3.00 bits per heavy atom. The van der Waals surface area contributed by atoms with Crippen LogP contribution in [0.25, 0.3) is 0 Å². The van der Waals surface area contributed by atoms with Crippen molar-refractivity contribution in [2.24, 2.45) is 0 Å². The lowest BCUT2D eigenvalue weighted by Crippen LogP contribution is -1.99. The van der Waals surface area contributed by atoms with Gasteiger partial charge in [-0.3, -0.25) is 0 Å². The summed E-state index contributed by atoms with van der Waals surface area (Å²) in [6.07, 6.45) is 1.32. The predicted octanol–water partition coefficient (Wildman–Crippen LogP) is 1.86. The van der Waals surface area contributed by atoms with Gasteiger partial charge in [-0.05, 0) is 0 Å². The highest BCUT2D eigenvalue weighted by Gasteiger charge is 2.02. The van der Waals surface area contributed by atoms with E-state index in [1.165, 1.54) is 13.3 Å². The van der Waals surface area contributed by atoms with Gasteiger partial charge in [0.05, 0.1) is 6.20 Å². The molecule has 0 bridgehead atoms. The predicted molar refractivity (Wildman–Crippen MR) is 41.7 cm³/mol. The summed E-state index contributed by atoms with van der Waals surface area (Å²) in [5.74, 6) is -0.316. The Labute approximate surface area is 74.1 Å². The SMILES string of the molecule is COCOc1cnc(Cl)c(F)c1. The molecule has 0 saturated heterocycles. The maximum atomic E-state index is 12.7. The minimum Gasteiger partial charge on any atom is -0.466 e. The van der Waals surface area contributed by atoms with Crippen molar-refractivity contribution in [1.82, 2.24) is 4.98 Å². The van der Waals surface area contributed by atoms with E-state index in [-0.39, 0.29) is 11.9 Å². The molecule has 0 unspecified atom stereocenters. The molecule has 5 heteroatoms. The minimum atomic E-state index is -0.606. The largest absolute Gasteiger partial charge is 0.466 e. The van der Waals surface area contributed by atoms with E-state index >= 15 is 0 Å². The Kier molecular flexibility index (Phi) is 3.25. The Morgan fingerprint density at radius 2 is 2.42 bits per heavy atom. The lowest BCUT2D eigenvalue weighted by atomic mass is 10.4. The van der Waals surface area contributed by atoms with E-state index in [1.807, 2.05) is 0 Å². The molecule has 12 heavy (non-hydrogen) atoms. The number of hydrogen-bond acceptors (Lipinski definition) is 3. The Hall–Kier alpha value is -0.870. The highest BCUT2D eigenvalue weighted by Crippen LogP contribution is 2.16. The third kappa shape index (κ3) is 2.32. The molecule has 0 fully saturated rings. The Balaban J connectivity index is 2.69. The minimum absolute atomic E-state index is 0.0583. The first-order chi connectivity index (χ1) is 5.74. The maximum absolute atomic E-state index is 12.7. The summed E-state index contributed by atoms with van der Waals surface area (Å²) in [5, 5.41) is -0.167. The molecule has 3 nitrogen and oxygen atoms in total. The normalized spacial score (nSPS) is 9.92. The summed E-state index contributed by atoms with van der Waals surface area (Å²) in [6.45, 7) is 0.0583. The van der Waals surface area contributed by atoms with Crippen LogP contribution in [0.15, 0.2) is 12.3 Å². The second-order valence-corrected chi connectivity index (χ2v) is 2.35. The number of methoxy groups -OCH3 is 1. The summed E-state index contributed by atoms with van der Waals surface area (Å²) in [7, 11) is 1.47. The first-order valence-corrected chi connectivity index (χ1v) is 3.54. The molecule has 0 atom stereocenters. The van der Waals surface area contributed by atoms with E-state index in [1.54, 1.807) is 0 Å². The van der Waals surface area contributed by atoms with E-state index in [9.17, 15) is 4.39 Å². The molecule has 0 radical (unpaired) electrons. The van der Waals surface area contributed by atoms with Gasteiger partial charge in [0.25, 0.3) is 0 Å². The number of hydrogen-bond donors (Lipinski definition) is 0. The molecule has 0 N–H and O–H groups in total. The number of halogens is 2. The maximum Gasteiger partial charge on any atom is 0.188 e. The van der Waals surface area contributed by atoms with E-state index in [2.05, 4.69) is 9.72 Å². The van der Waals surface area contributed by atoms with Crippen molar-refractivity contribution >= 4 is 11.6 Å². The van der Waals surface area contributed by atoms with Gasteiger partial charge in [-0.25, -0.2) is 9.37 Å². The van der Waals surface area contributed by atoms with Crippen LogP contribution < -0.4 is 4.74 Å². The fraction of sp³-hybridized carbons (Fsp3) is 0.286. The number of rotatable bonds is 3. The zero-order valence-corrected chi connectivity index (χ0v) is 7.14. The second-order valence-electron chi connectivity index (χ2n) is 1.99. The van der Waals surface area contributed by atoms with Crippen LogP contribution in [0.2, 0.25) is 5.15 Å². The van der Waals surface area contributed by atoms with Crippen LogP contribution in [-0.2, 0) is 4.74 Å². The van der Waals surface area contributed by atoms with Gasteiger partial charge in [0.2, 0.25) is 0 Å². The zero-order valence-electron chi connectivity index (χ0n) is 6.38. The van der Waals surface area contributed by atoms with Crippen molar-refractivity contribution in [3.63, 3.8) is 0 Å². The Bertz CT molecular complexity index is 270. The molecule has 0 spiro atoms. The smallest absolute Gasteiger partial charge is 0.188 e. The lowest BCUT2D eigenvalue weighted by Gasteiger charge is -2.03. The number of pyridine rings is 1. The van der Waals surface area contributed by atoms with Crippen molar-refractivity contribution in [2.45, 2.75) is 0 Å². The highest BCUT2D eigenvalue weighted by molar-refractivity contribution is 6.29. The van der Waals surface area contributed by atoms with Gasteiger partial charge in [0.1, 0.15) is 5.75 Å². The van der Waals surface area contributed by atoms with Gasteiger partial charge in [-0.1, -0.05) is 11.6 Å². The molecular formula is C7H7ClFNO2. The van der Waals surface area contributed by atoms with Crippen LogP contribution in [0.5, 0.6) is 5.75 Å². The highest BCUT2D eigenvalue weighted by atomic mass is 35.5. The van der Waals surface area contributed by atoms with Gasteiger partial charge in [0, 0.05) is 13.2 Å². The average molecular weight is 192 g/mol. The standard InChI is InChI=1S/C7H7ClFNO2/c1-11-4-12-5-2-6(9)7(8)10-3-5/h2-3H,4H2,1H3. The van der Waals surface area contributed by atoms with Crippen molar-refractivity contribution in [3.8, 4) is 5.75 Å². The molecule has 0 aliphatic heterocycles. The van der Waals surface area contributed by atoms with E-state index in [4.69, 9.17) is 16.3 Å². The van der Waals surface area contributed by atoms with Gasteiger partial charge >= 0.3 is 0 Å². The molecular weight excluding hydrogens is 185 g/mol. The molecule has 1 rings (SSSR count). The molecule has 0 aliphatic carbocycles. The molecule has 66 valence electrons. The molecule has 0 aromatic carbocycles. The summed E-state index contributed by atoms with van der Waals surface area (Å²) >= 11 is 5.34. The molecule has 1 aromatic heterocycles. The molecule has 0 saturated carbocycles. The quantitative estimate of drug-likeness (QED) is 0.540. The summed E-state index contributed by atoms with van der Waals surface area (Å²) in [5.41, 5.74) is 0. The van der Waals surface area contributed by atoms with Gasteiger partial charge in [-0.15, -0.1) is 0 Å².